The molecule has 2 aliphatic rings. The van der Waals surface area contributed by atoms with Gasteiger partial charge in [0, 0.05) is 19.2 Å². The lowest BCUT2D eigenvalue weighted by Crippen LogP contribution is -2.49. The highest BCUT2D eigenvalue weighted by molar-refractivity contribution is 4.83. The molecule has 3 atom stereocenters. The van der Waals surface area contributed by atoms with Crippen molar-refractivity contribution in [3.8, 4) is 0 Å². The smallest absolute Gasteiger partial charge is 0.0702 e. The van der Waals surface area contributed by atoms with Crippen molar-refractivity contribution in [3.05, 3.63) is 0 Å². The maximum atomic E-state index is 5.82. The van der Waals surface area contributed by atoms with Crippen LogP contribution in [0.5, 0.6) is 0 Å². The number of nitrogens with zero attached hydrogens (tertiary/aromatic N) is 1. The zero-order chi connectivity index (χ0) is 11.4. The van der Waals surface area contributed by atoms with Crippen molar-refractivity contribution in [2.45, 2.75) is 44.8 Å². The molecule has 2 saturated heterocycles. The van der Waals surface area contributed by atoms with E-state index in [0.29, 0.717) is 6.10 Å². The molecule has 94 valence electrons. The molecule has 3 unspecified atom stereocenters. The summed E-state index contributed by atoms with van der Waals surface area (Å²) < 4.78 is 5.82. The van der Waals surface area contributed by atoms with Crippen LogP contribution >= 0.6 is 0 Å². The van der Waals surface area contributed by atoms with Gasteiger partial charge in [-0.15, -0.1) is 0 Å². The lowest BCUT2D eigenvalue weighted by atomic mass is 9.93. The van der Waals surface area contributed by atoms with Gasteiger partial charge in [-0.3, -0.25) is 0 Å². The van der Waals surface area contributed by atoms with Crippen LogP contribution in [-0.2, 0) is 4.74 Å². The van der Waals surface area contributed by atoms with Crippen LogP contribution in [0.1, 0.15) is 32.6 Å². The highest BCUT2D eigenvalue weighted by Gasteiger charge is 2.26. The van der Waals surface area contributed by atoms with Gasteiger partial charge in [0.05, 0.1) is 6.10 Å². The standard InChI is InChI=1S/C13H26N2O/c1-11-9-14-7-6-13(11)15(2)10-12-5-3-4-8-16-12/h11-14H,3-10H2,1-2H3. The number of ether oxygens (including phenoxy) is 1. The first-order valence-electron chi connectivity index (χ1n) is 6.80. The average molecular weight is 226 g/mol. The first-order valence-corrected chi connectivity index (χ1v) is 6.80. The van der Waals surface area contributed by atoms with E-state index >= 15 is 0 Å². The summed E-state index contributed by atoms with van der Waals surface area (Å²) in [6.45, 7) is 6.79. The van der Waals surface area contributed by atoms with Crippen LogP contribution in [0.25, 0.3) is 0 Å². The Bertz CT molecular complexity index is 204. The van der Waals surface area contributed by atoms with Gasteiger partial charge < -0.3 is 15.0 Å². The number of piperidine rings is 1. The van der Waals surface area contributed by atoms with Gasteiger partial charge in [0.1, 0.15) is 0 Å². The molecule has 0 spiro atoms. The Hall–Kier alpha value is -0.120. The number of hydrogen-bond donors (Lipinski definition) is 1. The second kappa shape index (κ2) is 5.99. The van der Waals surface area contributed by atoms with Crippen LogP contribution in [0.4, 0.5) is 0 Å². The SMILES string of the molecule is CC1CNCCC1N(C)CC1CCCCO1. The van der Waals surface area contributed by atoms with E-state index in [9.17, 15) is 0 Å². The van der Waals surface area contributed by atoms with Crippen LogP contribution in [-0.4, -0.2) is 50.3 Å². The third kappa shape index (κ3) is 3.19. The van der Waals surface area contributed by atoms with Crippen molar-refractivity contribution in [1.29, 1.82) is 0 Å². The van der Waals surface area contributed by atoms with Crippen molar-refractivity contribution in [3.63, 3.8) is 0 Å². The number of rotatable bonds is 3. The summed E-state index contributed by atoms with van der Waals surface area (Å²) in [6.07, 6.45) is 5.62. The summed E-state index contributed by atoms with van der Waals surface area (Å²) >= 11 is 0. The van der Waals surface area contributed by atoms with E-state index in [-0.39, 0.29) is 0 Å². The molecule has 0 aliphatic carbocycles. The zero-order valence-corrected chi connectivity index (χ0v) is 10.7. The second-order valence-electron chi connectivity index (χ2n) is 5.47. The molecular weight excluding hydrogens is 200 g/mol. The first kappa shape index (κ1) is 12.3. The van der Waals surface area contributed by atoms with Crippen LogP contribution in [0.15, 0.2) is 0 Å². The van der Waals surface area contributed by atoms with E-state index in [1.807, 2.05) is 0 Å². The zero-order valence-electron chi connectivity index (χ0n) is 10.7. The van der Waals surface area contributed by atoms with Crippen molar-refractivity contribution in [2.24, 2.45) is 5.92 Å². The van der Waals surface area contributed by atoms with Crippen LogP contribution in [0.3, 0.4) is 0 Å². The molecule has 0 saturated carbocycles. The van der Waals surface area contributed by atoms with Crippen LogP contribution in [0, 0.1) is 5.92 Å². The Morgan fingerprint density at radius 3 is 2.88 bits per heavy atom. The van der Waals surface area contributed by atoms with Crippen LogP contribution in [0.2, 0.25) is 0 Å². The van der Waals surface area contributed by atoms with E-state index < -0.39 is 0 Å². The molecule has 0 radical (unpaired) electrons. The minimum atomic E-state index is 0.487. The van der Waals surface area contributed by atoms with Crippen molar-refractivity contribution >= 4 is 0 Å². The Labute approximate surface area is 99.5 Å². The molecule has 0 aromatic carbocycles. The average Bonchev–Trinajstić information content (AvgIpc) is 2.31. The molecule has 0 amide bonds. The molecule has 3 heteroatoms. The van der Waals surface area contributed by atoms with Crippen molar-refractivity contribution < 1.29 is 4.74 Å². The monoisotopic (exact) mass is 226 g/mol. The Balaban J connectivity index is 1.78. The van der Waals surface area contributed by atoms with Gasteiger partial charge in [-0.25, -0.2) is 0 Å². The van der Waals surface area contributed by atoms with Gasteiger partial charge in [0.15, 0.2) is 0 Å². The molecule has 3 nitrogen and oxygen atoms in total. The maximum absolute atomic E-state index is 5.82. The van der Waals surface area contributed by atoms with Gasteiger partial charge in [0.2, 0.25) is 0 Å². The highest BCUT2D eigenvalue weighted by atomic mass is 16.5. The van der Waals surface area contributed by atoms with Crippen LogP contribution < -0.4 is 5.32 Å². The molecule has 2 aliphatic heterocycles. The number of hydrogen-bond acceptors (Lipinski definition) is 3. The topological polar surface area (TPSA) is 24.5 Å². The Morgan fingerprint density at radius 2 is 2.19 bits per heavy atom. The number of likely N-dealkylation sites (N-methyl/N-ethyl adjacent to an activating group) is 1. The van der Waals surface area contributed by atoms with Gasteiger partial charge in [0.25, 0.3) is 0 Å². The van der Waals surface area contributed by atoms with E-state index in [0.717, 1.165) is 25.1 Å². The predicted octanol–water partition coefficient (Wildman–Crippen LogP) is 1.49. The third-order valence-electron chi connectivity index (χ3n) is 4.07. The van der Waals surface area contributed by atoms with Gasteiger partial charge in [-0.2, -0.15) is 0 Å². The van der Waals surface area contributed by atoms with Gasteiger partial charge >= 0.3 is 0 Å². The summed E-state index contributed by atoms with van der Waals surface area (Å²) in [5.74, 6) is 0.766. The molecular formula is C13H26N2O. The van der Waals surface area contributed by atoms with E-state index in [2.05, 4.69) is 24.2 Å². The largest absolute Gasteiger partial charge is 0.377 e. The summed E-state index contributed by atoms with van der Waals surface area (Å²) in [6, 6.07) is 0.742. The van der Waals surface area contributed by atoms with Gasteiger partial charge in [-0.05, 0) is 51.7 Å². The maximum Gasteiger partial charge on any atom is 0.0702 e. The fourth-order valence-electron chi connectivity index (χ4n) is 3.06. The minimum absolute atomic E-state index is 0.487. The summed E-state index contributed by atoms with van der Waals surface area (Å²) in [5.41, 5.74) is 0. The Morgan fingerprint density at radius 1 is 1.31 bits per heavy atom. The first-order chi connectivity index (χ1) is 7.77. The molecule has 0 aromatic heterocycles. The second-order valence-corrected chi connectivity index (χ2v) is 5.47. The van der Waals surface area contributed by atoms with E-state index in [4.69, 9.17) is 4.74 Å². The summed E-state index contributed by atoms with van der Waals surface area (Å²) in [4.78, 5) is 2.53. The van der Waals surface area contributed by atoms with Crippen molar-refractivity contribution in [1.82, 2.24) is 10.2 Å². The fraction of sp³-hybridized carbons (Fsp3) is 1.00. The van der Waals surface area contributed by atoms with Crippen molar-refractivity contribution in [2.75, 3.05) is 33.3 Å². The quantitative estimate of drug-likeness (QED) is 0.789. The highest BCUT2D eigenvalue weighted by Crippen LogP contribution is 2.19. The summed E-state index contributed by atoms with van der Waals surface area (Å²) in [5, 5.41) is 3.47. The summed E-state index contributed by atoms with van der Waals surface area (Å²) in [7, 11) is 2.27. The molecule has 2 rings (SSSR count). The lowest BCUT2D eigenvalue weighted by molar-refractivity contribution is -0.0148. The Kier molecular flexibility index (Phi) is 4.62. The van der Waals surface area contributed by atoms with E-state index in [1.54, 1.807) is 0 Å². The fourth-order valence-corrected chi connectivity index (χ4v) is 3.06. The third-order valence-corrected chi connectivity index (χ3v) is 4.07. The predicted molar refractivity (Wildman–Crippen MR) is 66.7 cm³/mol. The minimum Gasteiger partial charge on any atom is -0.377 e. The lowest BCUT2D eigenvalue weighted by Gasteiger charge is -2.38. The molecule has 0 aromatic rings. The molecule has 0 bridgehead atoms. The normalized spacial score (nSPS) is 36.6. The van der Waals surface area contributed by atoms with E-state index in [1.165, 1.54) is 38.8 Å². The molecule has 2 heterocycles. The van der Waals surface area contributed by atoms with Gasteiger partial charge in [-0.1, -0.05) is 6.92 Å². The molecule has 16 heavy (non-hydrogen) atoms. The number of nitrogens with one attached hydrogen (secondary N) is 1. The molecule has 1 N–H and O–H groups in total. The molecule has 2 fully saturated rings.